The van der Waals surface area contributed by atoms with Crippen LogP contribution in [0.1, 0.15) is 16.8 Å². The monoisotopic (exact) mass is 286 g/mol. The Kier molecular flexibility index (Phi) is 4.95. The zero-order valence-electron chi connectivity index (χ0n) is 11.9. The topological polar surface area (TPSA) is 55.8 Å². The molecule has 2 rings (SSSR count). The molecule has 0 radical (unpaired) electrons. The SMILES string of the molecule is C=CCC1=CC(OC)C(OC(=O)c2ccccc2O)C=C1. The van der Waals surface area contributed by atoms with E-state index in [1.165, 1.54) is 12.1 Å². The first-order valence-corrected chi connectivity index (χ1v) is 6.67. The fraction of sp³-hybridized carbons (Fsp3) is 0.235. The van der Waals surface area contributed by atoms with Crippen molar-refractivity contribution in [2.45, 2.75) is 18.6 Å². The van der Waals surface area contributed by atoms with Gasteiger partial charge in [-0.15, -0.1) is 6.58 Å². The van der Waals surface area contributed by atoms with Crippen molar-refractivity contribution in [2.24, 2.45) is 0 Å². The first-order valence-electron chi connectivity index (χ1n) is 6.67. The summed E-state index contributed by atoms with van der Waals surface area (Å²) in [5.41, 5.74) is 1.20. The fourth-order valence-electron chi connectivity index (χ4n) is 2.13. The van der Waals surface area contributed by atoms with Gasteiger partial charge in [0.15, 0.2) is 6.10 Å². The normalized spacial score (nSPS) is 20.7. The van der Waals surface area contributed by atoms with Crippen LogP contribution in [0, 0.1) is 0 Å². The van der Waals surface area contributed by atoms with Crippen molar-refractivity contribution < 1.29 is 19.4 Å². The number of esters is 1. The second-order valence-corrected chi connectivity index (χ2v) is 4.68. The van der Waals surface area contributed by atoms with Gasteiger partial charge >= 0.3 is 5.97 Å². The summed E-state index contributed by atoms with van der Waals surface area (Å²) in [6.07, 6.45) is 7.25. The highest BCUT2D eigenvalue weighted by Crippen LogP contribution is 2.22. The molecule has 110 valence electrons. The summed E-state index contributed by atoms with van der Waals surface area (Å²) in [5.74, 6) is -0.676. The van der Waals surface area contributed by atoms with Gasteiger partial charge in [0.2, 0.25) is 0 Å². The van der Waals surface area contributed by atoms with Gasteiger partial charge in [-0.1, -0.05) is 24.3 Å². The number of aromatic hydroxyl groups is 1. The number of carbonyl (C=O) groups is 1. The Morgan fingerprint density at radius 2 is 2.14 bits per heavy atom. The second-order valence-electron chi connectivity index (χ2n) is 4.68. The van der Waals surface area contributed by atoms with E-state index in [-0.39, 0.29) is 17.4 Å². The summed E-state index contributed by atoms with van der Waals surface area (Å²) in [5, 5.41) is 9.67. The van der Waals surface area contributed by atoms with E-state index in [9.17, 15) is 9.90 Å². The Morgan fingerprint density at radius 1 is 1.38 bits per heavy atom. The number of carbonyl (C=O) groups excluding carboxylic acids is 1. The minimum atomic E-state index is -0.578. The zero-order valence-corrected chi connectivity index (χ0v) is 11.9. The molecule has 2 unspecified atom stereocenters. The van der Waals surface area contributed by atoms with Gasteiger partial charge in [-0.05, 0) is 36.3 Å². The quantitative estimate of drug-likeness (QED) is 0.668. The standard InChI is InChI=1S/C17H18O4/c1-3-6-12-9-10-15(16(11-12)20-2)21-17(19)13-7-4-5-8-14(13)18/h3-5,7-11,15-16,18H,1,6H2,2H3. The molecule has 0 aliphatic heterocycles. The highest BCUT2D eigenvalue weighted by Gasteiger charge is 2.25. The minimum Gasteiger partial charge on any atom is -0.507 e. The average molecular weight is 286 g/mol. The Morgan fingerprint density at radius 3 is 2.81 bits per heavy atom. The highest BCUT2D eigenvalue weighted by molar-refractivity contribution is 5.92. The summed E-state index contributed by atoms with van der Waals surface area (Å²) in [7, 11) is 1.56. The lowest BCUT2D eigenvalue weighted by Crippen LogP contribution is -2.31. The molecular weight excluding hydrogens is 268 g/mol. The number of hydrogen-bond acceptors (Lipinski definition) is 4. The summed E-state index contributed by atoms with van der Waals surface area (Å²) >= 11 is 0. The van der Waals surface area contributed by atoms with Crippen LogP contribution >= 0.6 is 0 Å². The number of ether oxygens (including phenoxy) is 2. The number of para-hydroxylation sites is 1. The van der Waals surface area contributed by atoms with Crippen LogP contribution in [0.3, 0.4) is 0 Å². The molecule has 1 aliphatic rings. The third-order valence-electron chi connectivity index (χ3n) is 3.22. The maximum Gasteiger partial charge on any atom is 0.342 e. The van der Waals surface area contributed by atoms with E-state index in [0.29, 0.717) is 0 Å². The molecule has 1 aromatic rings. The van der Waals surface area contributed by atoms with E-state index in [0.717, 1.165) is 12.0 Å². The maximum atomic E-state index is 12.1. The number of hydrogen-bond donors (Lipinski definition) is 1. The number of methoxy groups -OCH3 is 1. The Balaban J connectivity index is 2.10. The van der Waals surface area contributed by atoms with E-state index in [1.54, 1.807) is 31.4 Å². The first-order chi connectivity index (χ1) is 10.2. The van der Waals surface area contributed by atoms with Crippen LogP contribution in [-0.4, -0.2) is 30.4 Å². The fourth-order valence-corrected chi connectivity index (χ4v) is 2.13. The third-order valence-corrected chi connectivity index (χ3v) is 3.22. The van der Waals surface area contributed by atoms with E-state index in [2.05, 4.69) is 6.58 Å². The van der Waals surface area contributed by atoms with Crippen LogP contribution in [0.5, 0.6) is 5.75 Å². The Hall–Kier alpha value is -2.33. The second kappa shape index (κ2) is 6.90. The summed E-state index contributed by atoms with van der Waals surface area (Å²) in [6.45, 7) is 3.69. The molecule has 0 heterocycles. The lowest BCUT2D eigenvalue weighted by molar-refractivity contribution is -0.00126. The maximum absolute atomic E-state index is 12.1. The molecule has 1 aliphatic carbocycles. The van der Waals surface area contributed by atoms with Gasteiger partial charge in [-0.2, -0.15) is 0 Å². The Bertz CT molecular complexity index is 586. The van der Waals surface area contributed by atoms with Gasteiger partial charge in [0.25, 0.3) is 0 Å². The molecule has 4 nitrogen and oxygen atoms in total. The molecule has 0 amide bonds. The molecule has 21 heavy (non-hydrogen) atoms. The molecule has 0 saturated carbocycles. The summed E-state index contributed by atoms with van der Waals surface area (Å²) in [4.78, 5) is 12.1. The van der Waals surface area contributed by atoms with Crippen molar-refractivity contribution in [3.63, 3.8) is 0 Å². The minimum absolute atomic E-state index is 0.0980. The molecular formula is C17H18O4. The van der Waals surface area contributed by atoms with Crippen LogP contribution in [0.2, 0.25) is 0 Å². The van der Waals surface area contributed by atoms with Gasteiger partial charge in [-0.25, -0.2) is 4.79 Å². The van der Waals surface area contributed by atoms with Crippen molar-refractivity contribution in [3.8, 4) is 5.75 Å². The third kappa shape index (κ3) is 3.61. The number of allylic oxidation sites excluding steroid dienone is 3. The van der Waals surface area contributed by atoms with E-state index >= 15 is 0 Å². The van der Waals surface area contributed by atoms with Gasteiger partial charge in [-0.3, -0.25) is 0 Å². The van der Waals surface area contributed by atoms with Crippen LogP contribution in [0.15, 0.2) is 60.7 Å². The smallest absolute Gasteiger partial charge is 0.342 e. The van der Waals surface area contributed by atoms with Gasteiger partial charge < -0.3 is 14.6 Å². The molecule has 4 heteroatoms. The molecule has 0 bridgehead atoms. The molecule has 0 saturated heterocycles. The molecule has 2 atom stereocenters. The predicted molar refractivity (Wildman–Crippen MR) is 80.1 cm³/mol. The van der Waals surface area contributed by atoms with Crippen LogP contribution in [-0.2, 0) is 9.47 Å². The Labute approximate surface area is 124 Å². The molecule has 1 N–H and O–H groups in total. The van der Waals surface area contributed by atoms with E-state index in [1.807, 2.05) is 12.2 Å². The lowest BCUT2D eigenvalue weighted by atomic mass is 10.00. The van der Waals surface area contributed by atoms with Crippen molar-refractivity contribution in [1.29, 1.82) is 0 Å². The number of phenolic OH excluding ortho intramolecular Hbond substituents is 1. The lowest BCUT2D eigenvalue weighted by Gasteiger charge is -2.25. The van der Waals surface area contributed by atoms with Crippen LogP contribution in [0.4, 0.5) is 0 Å². The van der Waals surface area contributed by atoms with E-state index in [4.69, 9.17) is 9.47 Å². The molecule has 1 aromatic carbocycles. The molecule has 0 spiro atoms. The van der Waals surface area contributed by atoms with Crippen LogP contribution in [0.25, 0.3) is 0 Å². The van der Waals surface area contributed by atoms with E-state index < -0.39 is 12.1 Å². The number of benzene rings is 1. The zero-order chi connectivity index (χ0) is 15.2. The van der Waals surface area contributed by atoms with Gasteiger partial charge in [0.1, 0.15) is 17.4 Å². The van der Waals surface area contributed by atoms with Crippen LogP contribution < -0.4 is 0 Å². The molecule has 0 aromatic heterocycles. The van der Waals surface area contributed by atoms with Crippen molar-refractivity contribution in [1.82, 2.24) is 0 Å². The van der Waals surface area contributed by atoms with Crippen molar-refractivity contribution in [3.05, 3.63) is 66.3 Å². The largest absolute Gasteiger partial charge is 0.507 e. The average Bonchev–Trinajstić information content (AvgIpc) is 2.49. The van der Waals surface area contributed by atoms with Gasteiger partial charge in [0, 0.05) is 7.11 Å². The number of rotatable bonds is 5. The summed E-state index contributed by atoms with van der Waals surface area (Å²) < 4.78 is 10.8. The highest BCUT2D eigenvalue weighted by atomic mass is 16.6. The first kappa shape index (κ1) is 15.1. The number of phenols is 1. The van der Waals surface area contributed by atoms with Gasteiger partial charge in [0.05, 0.1) is 0 Å². The predicted octanol–water partition coefficient (Wildman–Crippen LogP) is 3.00. The van der Waals surface area contributed by atoms with Crippen molar-refractivity contribution in [2.75, 3.05) is 7.11 Å². The molecule has 0 fully saturated rings. The van der Waals surface area contributed by atoms with Crippen molar-refractivity contribution >= 4 is 5.97 Å². The summed E-state index contributed by atoms with van der Waals surface area (Å²) in [6, 6.07) is 6.28.